The van der Waals surface area contributed by atoms with Crippen LogP contribution in [-0.2, 0) is 0 Å². The Morgan fingerprint density at radius 1 is 1.27 bits per heavy atom. The lowest BCUT2D eigenvalue weighted by Crippen LogP contribution is -2.20. The molecular weight excluding hydrogens is 305 g/mol. The van der Waals surface area contributed by atoms with E-state index in [0.29, 0.717) is 6.07 Å². The number of halogens is 3. The van der Waals surface area contributed by atoms with Crippen molar-refractivity contribution in [2.45, 2.75) is 0 Å². The number of carbonyl (C=O) groups is 1. The average molecular weight is 310 g/mol. The van der Waals surface area contributed by atoms with Gasteiger partial charge in [0.25, 0.3) is 0 Å². The van der Waals surface area contributed by atoms with E-state index in [9.17, 15) is 22.8 Å². The summed E-state index contributed by atoms with van der Waals surface area (Å²) in [6.07, 6.45) is 1.88. The maximum absolute atomic E-state index is 14.0. The summed E-state index contributed by atoms with van der Waals surface area (Å²) >= 11 is 0. The average Bonchev–Trinajstić information content (AvgIpc) is 2.99. The van der Waals surface area contributed by atoms with E-state index in [2.05, 4.69) is 9.68 Å². The van der Waals surface area contributed by atoms with Crippen LogP contribution in [0.3, 0.4) is 0 Å². The quantitative estimate of drug-likeness (QED) is 0.733. The van der Waals surface area contributed by atoms with E-state index in [1.165, 1.54) is 6.07 Å². The van der Waals surface area contributed by atoms with Gasteiger partial charge in [-0.2, -0.15) is 0 Å². The summed E-state index contributed by atoms with van der Waals surface area (Å²) in [4.78, 5) is 23.1. The van der Waals surface area contributed by atoms with E-state index in [-0.39, 0.29) is 5.82 Å². The van der Waals surface area contributed by atoms with E-state index >= 15 is 0 Å². The molecule has 6 nitrogen and oxygen atoms in total. The van der Waals surface area contributed by atoms with Gasteiger partial charge in [-0.1, -0.05) is 5.16 Å². The normalized spacial score (nSPS) is 11.0. The van der Waals surface area contributed by atoms with E-state index in [4.69, 9.17) is 5.11 Å². The second kappa shape index (κ2) is 4.72. The molecule has 0 spiro atoms. The number of aromatic carboxylic acids is 1. The molecule has 0 bridgehead atoms. The highest BCUT2D eigenvalue weighted by atomic mass is 19.2. The lowest BCUT2D eigenvalue weighted by Gasteiger charge is -2.10. The summed E-state index contributed by atoms with van der Waals surface area (Å²) in [7, 11) is 0. The number of aromatic nitrogens is 2. The number of hydrogen-bond donors (Lipinski definition) is 1. The Kier molecular flexibility index (Phi) is 2.98. The Balaban J connectivity index is 2.58. The van der Waals surface area contributed by atoms with Gasteiger partial charge in [0.1, 0.15) is 11.8 Å². The third-order valence-electron chi connectivity index (χ3n) is 3.03. The number of hydrogen-bond acceptors (Lipinski definition) is 4. The highest BCUT2D eigenvalue weighted by Crippen LogP contribution is 2.24. The van der Waals surface area contributed by atoms with Crippen LogP contribution in [0.25, 0.3) is 16.7 Å². The first-order valence-corrected chi connectivity index (χ1v) is 5.78. The molecule has 9 heteroatoms. The monoisotopic (exact) mass is 310 g/mol. The van der Waals surface area contributed by atoms with Gasteiger partial charge in [-0.25, -0.2) is 18.0 Å². The summed E-state index contributed by atoms with van der Waals surface area (Å²) in [5, 5.41) is 11.9. The van der Waals surface area contributed by atoms with Gasteiger partial charge < -0.3 is 9.63 Å². The first kappa shape index (κ1) is 13.9. The number of carboxylic acids is 1. The third kappa shape index (κ3) is 1.86. The van der Waals surface area contributed by atoms with Gasteiger partial charge in [0.15, 0.2) is 23.3 Å². The Morgan fingerprint density at radius 3 is 2.59 bits per heavy atom. The van der Waals surface area contributed by atoms with Crippen molar-refractivity contribution < 1.29 is 27.6 Å². The molecule has 0 fully saturated rings. The van der Waals surface area contributed by atoms with Crippen LogP contribution in [0.15, 0.2) is 33.9 Å². The van der Waals surface area contributed by atoms with Crippen molar-refractivity contribution in [2.24, 2.45) is 0 Å². The van der Waals surface area contributed by atoms with Gasteiger partial charge >= 0.3 is 5.97 Å². The summed E-state index contributed by atoms with van der Waals surface area (Å²) < 4.78 is 46.2. The molecular formula is C13H5F3N2O4. The fourth-order valence-electron chi connectivity index (χ4n) is 2.05. The summed E-state index contributed by atoms with van der Waals surface area (Å²) in [5.41, 5.74) is -2.52. The van der Waals surface area contributed by atoms with Crippen molar-refractivity contribution in [3.05, 3.63) is 57.8 Å². The van der Waals surface area contributed by atoms with Crippen molar-refractivity contribution in [3.8, 4) is 5.82 Å². The molecule has 0 atom stereocenters. The van der Waals surface area contributed by atoms with Gasteiger partial charge in [-0.3, -0.25) is 9.36 Å². The molecule has 112 valence electrons. The summed E-state index contributed by atoms with van der Waals surface area (Å²) in [6, 6.07) is 1.68. The van der Waals surface area contributed by atoms with Crippen LogP contribution in [-0.4, -0.2) is 20.8 Å². The zero-order chi connectivity index (χ0) is 16.0. The molecule has 0 aliphatic heterocycles. The standard InChI is InChI=1S/C13H5F3N2O4/c14-7-3-5-11(10(16)9(7)15)18(8-1-2-22-17-8)4-6(12(5)19)13(20)21/h1-4H,(H,20,21). The molecule has 0 unspecified atom stereocenters. The molecule has 0 aliphatic rings. The second-order valence-electron chi connectivity index (χ2n) is 4.29. The van der Waals surface area contributed by atoms with E-state index < -0.39 is 45.3 Å². The molecule has 2 aromatic heterocycles. The number of rotatable bonds is 2. The van der Waals surface area contributed by atoms with Gasteiger partial charge in [0, 0.05) is 12.3 Å². The largest absolute Gasteiger partial charge is 0.477 e. The first-order valence-electron chi connectivity index (χ1n) is 5.78. The van der Waals surface area contributed by atoms with E-state index in [1.807, 2.05) is 0 Å². The van der Waals surface area contributed by atoms with Crippen molar-refractivity contribution in [1.29, 1.82) is 0 Å². The van der Waals surface area contributed by atoms with Crippen LogP contribution >= 0.6 is 0 Å². The smallest absolute Gasteiger partial charge is 0.341 e. The van der Waals surface area contributed by atoms with Crippen LogP contribution in [0.4, 0.5) is 13.2 Å². The minimum Gasteiger partial charge on any atom is -0.477 e. The molecule has 0 radical (unpaired) electrons. The highest BCUT2D eigenvalue weighted by molar-refractivity contribution is 5.93. The molecule has 0 saturated heterocycles. The van der Waals surface area contributed by atoms with Crippen molar-refractivity contribution >= 4 is 16.9 Å². The van der Waals surface area contributed by atoms with Crippen molar-refractivity contribution in [1.82, 2.24) is 9.72 Å². The number of nitrogens with zero attached hydrogens (tertiary/aromatic N) is 2. The number of benzene rings is 1. The Hall–Kier alpha value is -3.10. The molecule has 1 N–H and O–H groups in total. The van der Waals surface area contributed by atoms with Crippen molar-refractivity contribution in [2.75, 3.05) is 0 Å². The number of fused-ring (bicyclic) bond motifs is 1. The van der Waals surface area contributed by atoms with Crippen LogP contribution < -0.4 is 5.43 Å². The predicted molar refractivity (Wildman–Crippen MR) is 66.4 cm³/mol. The van der Waals surface area contributed by atoms with Crippen LogP contribution in [0.1, 0.15) is 10.4 Å². The zero-order valence-corrected chi connectivity index (χ0v) is 10.5. The lowest BCUT2D eigenvalue weighted by molar-refractivity contribution is 0.0695. The zero-order valence-electron chi connectivity index (χ0n) is 10.5. The predicted octanol–water partition coefficient (Wildman–Crippen LogP) is 2.09. The number of pyridine rings is 1. The second-order valence-corrected chi connectivity index (χ2v) is 4.29. The Morgan fingerprint density at radius 2 is 2.00 bits per heavy atom. The molecule has 0 amide bonds. The fourth-order valence-corrected chi connectivity index (χ4v) is 2.05. The molecule has 3 rings (SSSR count). The van der Waals surface area contributed by atoms with Crippen LogP contribution in [0.2, 0.25) is 0 Å². The Bertz CT molecular complexity index is 964. The lowest BCUT2D eigenvalue weighted by atomic mass is 10.1. The molecule has 1 aromatic carbocycles. The van der Waals surface area contributed by atoms with Crippen LogP contribution in [0.5, 0.6) is 0 Å². The summed E-state index contributed by atoms with van der Waals surface area (Å²) in [5.74, 6) is -6.72. The third-order valence-corrected chi connectivity index (χ3v) is 3.03. The van der Waals surface area contributed by atoms with Crippen molar-refractivity contribution in [3.63, 3.8) is 0 Å². The van der Waals surface area contributed by atoms with Gasteiger partial charge in [0.2, 0.25) is 5.43 Å². The Labute approximate surface area is 119 Å². The minimum absolute atomic E-state index is 0.0996. The highest BCUT2D eigenvalue weighted by Gasteiger charge is 2.23. The SMILES string of the molecule is O=C(O)c1cn(-c2ccon2)c2c(F)c(F)c(F)cc2c1=O. The maximum atomic E-state index is 14.0. The van der Waals surface area contributed by atoms with Gasteiger partial charge in [-0.15, -0.1) is 0 Å². The van der Waals surface area contributed by atoms with Gasteiger partial charge in [-0.05, 0) is 6.07 Å². The summed E-state index contributed by atoms with van der Waals surface area (Å²) in [6.45, 7) is 0. The number of carboxylic acid groups (broad SMARTS) is 1. The van der Waals surface area contributed by atoms with E-state index in [1.54, 1.807) is 0 Å². The molecule has 2 heterocycles. The first-order chi connectivity index (χ1) is 10.4. The fraction of sp³-hybridized carbons (Fsp3) is 0. The topological polar surface area (TPSA) is 85.3 Å². The molecule has 22 heavy (non-hydrogen) atoms. The minimum atomic E-state index is -1.78. The maximum Gasteiger partial charge on any atom is 0.341 e. The molecule has 0 saturated carbocycles. The molecule has 0 aliphatic carbocycles. The molecule has 3 aromatic rings. The van der Waals surface area contributed by atoms with E-state index in [0.717, 1.165) is 17.0 Å². The van der Waals surface area contributed by atoms with Gasteiger partial charge in [0.05, 0.1) is 10.9 Å². The van der Waals surface area contributed by atoms with Crippen LogP contribution in [0, 0.1) is 17.5 Å².